The Bertz CT molecular complexity index is 629. The molecule has 5 nitrogen and oxygen atoms in total. The van der Waals surface area contributed by atoms with Crippen molar-refractivity contribution in [3.05, 3.63) is 33.3 Å². The number of nitrogens with one attached hydrogen (secondary N) is 1. The lowest BCUT2D eigenvalue weighted by Gasteiger charge is -2.13. The number of hydrogen-bond donors (Lipinski definition) is 2. The summed E-state index contributed by atoms with van der Waals surface area (Å²) < 4.78 is 1.66. The minimum atomic E-state index is -0.231. The summed E-state index contributed by atoms with van der Waals surface area (Å²) in [5.74, 6) is -0.231. The van der Waals surface area contributed by atoms with Gasteiger partial charge in [-0.1, -0.05) is 0 Å². The van der Waals surface area contributed by atoms with Crippen molar-refractivity contribution in [2.24, 2.45) is 0 Å². The van der Waals surface area contributed by atoms with E-state index in [-0.39, 0.29) is 11.9 Å². The number of nitrogens with two attached hydrogens (primary N) is 1. The third kappa shape index (κ3) is 2.85. The SMILES string of the molecule is CCn1cc(N)c(C(=O)NC(C)c2cc(C)sc2C)n1. The standard InChI is InChI=1S/C14H20N4OS/c1-5-18-7-12(15)13(17-18)14(19)16-9(3)11-6-8(2)20-10(11)4/h6-7,9H,5,15H2,1-4H3,(H,16,19). The van der Waals surface area contributed by atoms with Crippen LogP contribution in [0.3, 0.4) is 0 Å². The van der Waals surface area contributed by atoms with Gasteiger partial charge in [-0.15, -0.1) is 11.3 Å². The van der Waals surface area contributed by atoms with Crippen LogP contribution in [0.1, 0.15) is 45.7 Å². The third-order valence-corrected chi connectivity index (χ3v) is 4.20. The zero-order valence-corrected chi connectivity index (χ0v) is 13.0. The lowest BCUT2D eigenvalue weighted by molar-refractivity contribution is 0.0935. The van der Waals surface area contributed by atoms with Crippen molar-refractivity contribution in [3.63, 3.8) is 0 Å². The number of aromatic nitrogens is 2. The van der Waals surface area contributed by atoms with E-state index in [9.17, 15) is 4.79 Å². The molecule has 0 radical (unpaired) electrons. The van der Waals surface area contributed by atoms with E-state index < -0.39 is 0 Å². The van der Waals surface area contributed by atoms with Gasteiger partial charge in [-0.25, -0.2) is 0 Å². The summed E-state index contributed by atoms with van der Waals surface area (Å²) in [5.41, 5.74) is 7.68. The Labute approximate surface area is 122 Å². The van der Waals surface area contributed by atoms with E-state index in [0.717, 1.165) is 5.56 Å². The molecule has 0 bridgehead atoms. The van der Waals surface area contributed by atoms with Crippen LogP contribution < -0.4 is 11.1 Å². The van der Waals surface area contributed by atoms with Crippen LogP contribution in [0.2, 0.25) is 0 Å². The molecule has 0 aliphatic rings. The van der Waals surface area contributed by atoms with Gasteiger partial charge in [-0.2, -0.15) is 5.10 Å². The zero-order chi connectivity index (χ0) is 14.9. The van der Waals surface area contributed by atoms with E-state index in [4.69, 9.17) is 5.73 Å². The fourth-order valence-corrected chi connectivity index (χ4v) is 3.22. The molecule has 0 fully saturated rings. The smallest absolute Gasteiger partial charge is 0.274 e. The molecule has 0 aliphatic carbocycles. The van der Waals surface area contributed by atoms with Crippen LogP contribution in [-0.4, -0.2) is 15.7 Å². The van der Waals surface area contributed by atoms with Crippen LogP contribution in [0.15, 0.2) is 12.3 Å². The highest BCUT2D eigenvalue weighted by molar-refractivity contribution is 7.12. The molecule has 6 heteroatoms. The fraction of sp³-hybridized carbons (Fsp3) is 0.429. The van der Waals surface area contributed by atoms with Crippen molar-refractivity contribution in [3.8, 4) is 0 Å². The fourth-order valence-electron chi connectivity index (χ4n) is 2.20. The van der Waals surface area contributed by atoms with Gasteiger partial charge in [-0.05, 0) is 39.3 Å². The molecule has 1 amide bonds. The molecule has 0 aromatic carbocycles. The molecule has 2 aromatic heterocycles. The van der Waals surface area contributed by atoms with Crippen LogP contribution in [0.25, 0.3) is 0 Å². The van der Waals surface area contributed by atoms with Crippen molar-refractivity contribution in [1.82, 2.24) is 15.1 Å². The van der Waals surface area contributed by atoms with E-state index in [2.05, 4.69) is 30.3 Å². The molecule has 0 saturated carbocycles. The van der Waals surface area contributed by atoms with Crippen molar-refractivity contribution in [2.75, 3.05) is 5.73 Å². The predicted octanol–water partition coefficient (Wildman–Crippen LogP) is 2.65. The number of aryl methyl sites for hydroxylation is 3. The Kier molecular flexibility index (Phi) is 4.13. The van der Waals surface area contributed by atoms with E-state index in [1.54, 1.807) is 22.2 Å². The van der Waals surface area contributed by atoms with Crippen LogP contribution >= 0.6 is 11.3 Å². The molecule has 108 valence electrons. The maximum Gasteiger partial charge on any atom is 0.274 e. The topological polar surface area (TPSA) is 72.9 Å². The predicted molar refractivity (Wildman–Crippen MR) is 82.0 cm³/mol. The lowest BCUT2D eigenvalue weighted by Crippen LogP contribution is -2.27. The zero-order valence-electron chi connectivity index (χ0n) is 12.2. The van der Waals surface area contributed by atoms with Gasteiger partial charge in [0.2, 0.25) is 0 Å². The van der Waals surface area contributed by atoms with Gasteiger partial charge in [0, 0.05) is 22.5 Å². The van der Waals surface area contributed by atoms with Gasteiger partial charge in [0.15, 0.2) is 5.69 Å². The van der Waals surface area contributed by atoms with Crippen LogP contribution in [0.4, 0.5) is 5.69 Å². The van der Waals surface area contributed by atoms with Crippen LogP contribution in [-0.2, 0) is 6.54 Å². The molecule has 0 aliphatic heterocycles. The molecule has 2 aromatic rings. The second kappa shape index (κ2) is 5.66. The molecule has 3 N–H and O–H groups in total. The van der Waals surface area contributed by atoms with Gasteiger partial charge >= 0.3 is 0 Å². The van der Waals surface area contributed by atoms with Crippen molar-refractivity contribution in [1.29, 1.82) is 0 Å². The van der Waals surface area contributed by atoms with E-state index in [1.165, 1.54) is 9.75 Å². The molecule has 1 unspecified atom stereocenters. The number of nitrogens with zero attached hydrogens (tertiary/aromatic N) is 2. The van der Waals surface area contributed by atoms with Crippen molar-refractivity contribution < 1.29 is 4.79 Å². The summed E-state index contributed by atoms with van der Waals surface area (Å²) in [7, 11) is 0. The Morgan fingerprint density at radius 1 is 1.55 bits per heavy atom. The van der Waals surface area contributed by atoms with Crippen molar-refractivity contribution >= 4 is 22.9 Å². The van der Waals surface area contributed by atoms with Gasteiger partial charge in [-0.3, -0.25) is 9.48 Å². The average molecular weight is 292 g/mol. The molecule has 1 atom stereocenters. The molecule has 2 heterocycles. The molecule has 2 rings (SSSR count). The first-order chi connectivity index (χ1) is 9.42. The Hall–Kier alpha value is -1.82. The highest BCUT2D eigenvalue weighted by Gasteiger charge is 2.19. The average Bonchev–Trinajstić information content (AvgIpc) is 2.91. The minimum absolute atomic E-state index is 0.0568. The number of hydrogen-bond acceptors (Lipinski definition) is 4. The summed E-state index contributed by atoms with van der Waals surface area (Å²) in [4.78, 5) is 14.7. The minimum Gasteiger partial charge on any atom is -0.396 e. The van der Waals surface area contributed by atoms with Crippen molar-refractivity contribution in [2.45, 2.75) is 40.3 Å². The van der Waals surface area contributed by atoms with E-state index >= 15 is 0 Å². The number of carbonyl (C=O) groups is 1. The van der Waals surface area contributed by atoms with Gasteiger partial charge in [0.05, 0.1) is 11.7 Å². The first-order valence-electron chi connectivity index (χ1n) is 6.63. The summed E-state index contributed by atoms with van der Waals surface area (Å²) in [6.45, 7) is 8.75. The summed E-state index contributed by atoms with van der Waals surface area (Å²) >= 11 is 1.74. The first-order valence-corrected chi connectivity index (χ1v) is 7.44. The normalized spacial score (nSPS) is 12.4. The largest absolute Gasteiger partial charge is 0.396 e. The monoisotopic (exact) mass is 292 g/mol. The number of anilines is 1. The molecule has 0 saturated heterocycles. The first kappa shape index (κ1) is 14.6. The summed E-state index contributed by atoms with van der Waals surface area (Å²) in [5, 5.41) is 7.14. The second-order valence-corrected chi connectivity index (χ2v) is 6.31. The Morgan fingerprint density at radius 3 is 2.75 bits per heavy atom. The quantitative estimate of drug-likeness (QED) is 0.910. The van der Waals surface area contributed by atoms with Gasteiger partial charge in [0.25, 0.3) is 5.91 Å². The van der Waals surface area contributed by atoms with Crippen LogP contribution in [0, 0.1) is 13.8 Å². The summed E-state index contributed by atoms with van der Waals surface area (Å²) in [6, 6.07) is 2.05. The summed E-state index contributed by atoms with van der Waals surface area (Å²) in [6.07, 6.45) is 1.68. The molecular weight excluding hydrogens is 272 g/mol. The Balaban J connectivity index is 2.14. The number of carbonyl (C=O) groups excluding carboxylic acids is 1. The lowest BCUT2D eigenvalue weighted by atomic mass is 10.1. The second-order valence-electron chi connectivity index (χ2n) is 4.85. The van der Waals surface area contributed by atoms with E-state index in [0.29, 0.717) is 17.9 Å². The number of amides is 1. The number of nitrogen functional groups attached to an aromatic ring is 1. The molecule has 0 spiro atoms. The highest BCUT2D eigenvalue weighted by Crippen LogP contribution is 2.26. The Morgan fingerprint density at radius 2 is 2.25 bits per heavy atom. The van der Waals surface area contributed by atoms with Gasteiger partial charge in [0.1, 0.15) is 0 Å². The number of thiophene rings is 1. The van der Waals surface area contributed by atoms with Crippen LogP contribution in [0.5, 0.6) is 0 Å². The van der Waals surface area contributed by atoms with Gasteiger partial charge < -0.3 is 11.1 Å². The number of rotatable bonds is 4. The molecular formula is C14H20N4OS. The maximum atomic E-state index is 12.2. The molecule has 20 heavy (non-hydrogen) atoms. The maximum absolute atomic E-state index is 12.2. The highest BCUT2D eigenvalue weighted by atomic mass is 32.1. The third-order valence-electron chi connectivity index (χ3n) is 3.22. The van der Waals surface area contributed by atoms with E-state index in [1.807, 2.05) is 13.8 Å².